The summed E-state index contributed by atoms with van der Waals surface area (Å²) in [4.78, 5) is 0. The number of nitrogens with one attached hydrogen (secondary N) is 1. The first-order valence-electron chi connectivity index (χ1n) is 7.41. The second-order valence-corrected chi connectivity index (χ2v) is 5.97. The van der Waals surface area contributed by atoms with Crippen molar-refractivity contribution in [3.63, 3.8) is 0 Å². The molecule has 21 heavy (non-hydrogen) atoms. The fourth-order valence-corrected chi connectivity index (χ4v) is 2.40. The summed E-state index contributed by atoms with van der Waals surface area (Å²) in [6, 6.07) is 14.5. The topological polar surface area (TPSA) is 21.3 Å². The predicted octanol–water partition coefficient (Wildman–Crippen LogP) is 5.55. The third-order valence-corrected chi connectivity index (χ3v) is 4.30. The molecule has 0 saturated heterocycles. The highest BCUT2D eigenvalue weighted by molar-refractivity contribution is 9.10. The van der Waals surface area contributed by atoms with E-state index >= 15 is 0 Å². The largest absolute Gasteiger partial charge is 0.494 e. The molecule has 0 radical (unpaired) electrons. The van der Waals surface area contributed by atoms with Crippen molar-refractivity contribution in [2.75, 3.05) is 11.9 Å². The molecule has 2 aromatic carbocycles. The van der Waals surface area contributed by atoms with Gasteiger partial charge in [-0.05, 0) is 48.7 Å². The van der Waals surface area contributed by atoms with E-state index in [1.807, 2.05) is 18.2 Å². The molecule has 0 aliphatic heterocycles. The Labute approximate surface area is 135 Å². The molecule has 3 heteroatoms. The van der Waals surface area contributed by atoms with Crippen LogP contribution in [0.2, 0.25) is 0 Å². The summed E-state index contributed by atoms with van der Waals surface area (Å²) in [5.41, 5.74) is 3.64. The molecule has 0 heterocycles. The minimum atomic E-state index is 0.797. The van der Waals surface area contributed by atoms with Crippen molar-refractivity contribution >= 4 is 21.6 Å². The first kappa shape index (κ1) is 15.9. The van der Waals surface area contributed by atoms with E-state index in [2.05, 4.69) is 59.4 Å². The van der Waals surface area contributed by atoms with Crippen LogP contribution in [0, 0.1) is 6.92 Å². The van der Waals surface area contributed by atoms with Crippen LogP contribution in [-0.2, 0) is 6.54 Å². The number of unbranched alkanes of at least 4 members (excludes halogenated alkanes) is 1. The molecule has 0 aliphatic rings. The summed E-state index contributed by atoms with van der Waals surface area (Å²) >= 11 is 3.56. The number of halogens is 1. The summed E-state index contributed by atoms with van der Waals surface area (Å²) < 4.78 is 6.80. The van der Waals surface area contributed by atoms with Crippen molar-refractivity contribution in [1.82, 2.24) is 0 Å². The standard InChI is InChI=1S/C18H22BrNO/c1-3-4-12-21-16-10-8-15(9-11-16)13-20-18-7-5-6-17(19)14(18)2/h5-11,20H,3-4,12-13H2,1-2H3. The van der Waals surface area contributed by atoms with Gasteiger partial charge in [-0.1, -0.05) is 47.5 Å². The maximum Gasteiger partial charge on any atom is 0.119 e. The summed E-state index contributed by atoms with van der Waals surface area (Å²) in [6.07, 6.45) is 2.26. The molecule has 112 valence electrons. The molecule has 0 saturated carbocycles. The molecule has 0 unspecified atom stereocenters. The number of hydrogen-bond donors (Lipinski definition) is 1. The van der Waals surface area contributed by atoms with Crippen molar-refractivity contribution in [3.8, 4) is 5.75 Å². The van der Waals surface area contributed by atoms with Crippen LogP contribution in [0.15, 0.2) is 46.9 Å². The highest BCUT2D eigenvalue weighted by atomic mass is 79.9. The summed E-state index contributed by atoms with van der Waals surface area (Å²) in [6.45, 7) is 5.89. The van der Waals surface area contributed by atoms with E-state index in [-0.39, 0.29) is 0 Å². The lowest BCUT2D eigenvalue weighted by atomic mass is 10.1. The Morgan fingerprint density at radius 3 is 2.57 bits per heavy atom. The van der Waals surface area contributed by atoms with Crippen molar-refractivity contribution in [2.24, 2.45) is 0 Å². The number of rotatable bonds is 7. The van der Waals surface area contributed by atoms with Gasteiger partial charge in [-0.15, -0.1) is 0 Å². The molecule has 2 aromatic rings. The lowest BCUT2D eigenvalue weighted by molar-refractivity contribution is 0.309. The van der Waals surface area contributed by atoms with Gasteiger partial charge in [-0.25, -0.2) is 0 Å². The van der Waals surface area contributed by atoms with Gasteiger partial charge in [0.1, 0.15) is 5.75 Å². The molecule has 0 aromatic heterocycles. The van der Waals surface area contributed by atoms with E-state index in [9.17, 15) is 0 Å². The summed E-state index contributed by atoms with van der Waals surface area (Å²) in [7, 11) is 0. The van der Waals surface area contributed by atoms with Crippen LogP contribution in [0.1, 0.15) is 30.9 Å². The van der Waals surface area contributed by atoms with Gasteiger partial charge in [0.05, 0.1) is 6.61 Å². The van der Waals surface area contributed by atoms with Gasteiger partial charge in [-0.3, -0.25) is 0 Å². The van der Waals surface area contributed by atoms with Gasteiger partial charge in [-0.2, -0.15) is 0 Å². The first-order chi connectivity index (χ1) is 10.2. The third kappa shape index (κ3) is 4.78. The van der Waals surface area contributed by atoms with Crippen LogP contribution >= 0.6 is 15.9 Å². The van der Waals surface area contributed by atoms with Crippen LogP contribution in [0.5, 0.6) is 5.75 Å². The van der Waals surface area contributed by atoms with Crippen molar-refractivity contribution in [1.29, 1.82) is 0 Å². The summed E-state index contributed by atoms with van der Waals surface area (Å²) in [5.74, 6) is 0.950. The first-order valence-corrected chi connectivity index (χ1v) is 8.20. The molecule has 2 rings (SSSR count). The maximum atomic E-state index is 5.67. The zero-order valence-electron chi connectivity index (χ0n) is 12.7. The van der Waals surface area contributed by atoms with Crippen LogP contribution < -0.4 is 10.1 Å². The fraction of sp³-hybridized carbons (Fsp3) is 0.333. The van der Waals surface area contributed by atoms with Crippen LogP contribution in [0.3, 0.4) is 0 Å². The average molecular weight is 348 g/mol. The van der Waals surface area contributed by atoms with E-state index in [1.165, 1.54) is 11.1 Å². The minimum absolute atomic E-state index is 0.797. The van der Waals surface area contributed by atoms with Gasteiger partial charge in [0.25, 0.3) is 0 Å². The van der Waals surface area contributed by atoms with Gasteiger partial charge in [0.15, 0.2) is 0 Å². The van der Waals surface area contributed by atoms with Crippen LogP contribution in [0.4, 0.5) is 5.69 Å². The van der Waals surface area contributed by atoms with Crippen molar-refractivity contribution in [3.05, 3.63) is 58.1 Å². The number of anilines is 1. The van der Waals surface area contributed by atoms with E-state index in [1.54, 1.807) is 0 Å². The number of ether oxygens (including phenoxy) is 1. The lowest BCUT2D eigenvalue weighted by Crippen LogP contribution is -2.01. The molecule has 2 nitrogen and oxygen atoms in total. The molecule has 0 fully saturated rings. The fourth-order valence-electron chi connectivity index (χ4n) is 2.03. The highest BCUT2D eigenvalue weighted by Gasteiger charge is 2.01. The minimum Gasteiger partial charge on any atom is -0.494 e. The van der Waals surface area contributed by atoms with Crippen LogP contribution in [0.25, 0.3) is 0 Å². The SMILES string of the molecule is CCCCOc1ccc(CNc2cccc(Br)c2C)cc1. The van der Waals surface area contributed by atoms with Crippen molar-refractivity contribution < 1.29 is 4.74 Å². The molecule has 0 amide bonds. The molecule has 1 N–H and O–H groups in total. The molecular formula is C18H22BrNO. The molecule has 0 spiro atoms. The zero-order valence-corrected chi connectivity index (χ0v) is 14.2. The van der Waals surface area contributed by atoms with Gasteiger partial charge in [0.2, 0.25) is 0 Å². The monoisotopic (exact) mass is 347 g/mol. The van der Waals surface area contributed by atoms with Crippen molar-refractivity contribution in [2.45, 2.75) is 33.2 Å². The Kier molecular flexibility index (Phi) is 6.12. The average Bonchev–Trinajstić information content (AvgIpc) is 2.50. The smallest absolute Gasteiger partial charge is 0.119 e. The van der Waals surface area contributed by atoms with E-state index < -0.39 is 0 Å². The Morgan fingerprint density at radius 1 is 1.10 bits per heavy atom. The van der Waals surface area contributed by atoms with E-state index in [0.717, 1.165) is 41.9 Å². The van der Waals surface area contributed by atoms with Gasteiger partial charge < -0.3 is 10.1 Å². The summed E-state index contributed by atoms with van der Waals surface area (Å²) in [5, 5.41) is 3.47. The molecular weight excluding hydrogens is 326 g/mol. The Bertz CT molecular complexity index is 566. The zero-order chi connectivity index (χ0) is 15.1. The Morgan fingerprint density at radius 2 is 1.86 bits per heavy atom. The molecule has 0 bridgehead atoms. The van der Waals surface area contributed by atoms with Gasteiger partial charge >= 0.3 is 0 Å². The number of benzene rings is 2. The quantitative estimate of drug-likeness (QED) is 0.663. The number of hydrogen-bond acceptors (Lipinski definition) is 2. The lowest BCUT2D eigenvalue weighted by Gasteiger charge is -2.11. The highest BCUT2D eigenvalue weighted by Crippen LogP contribution is 2.24. The second-order valence-electron chi connectivity index (χ2n) is 5.11. The van der Waals surface area contributed by atoms with Crippen LogP contribution in [-0.4, -0.2) is 6.61 Å². The normalized spacial score (nSPS) is 10.4. The predicted molar refractivity (Wildman–Crippen MR) is 93.1 cm³/mol. The Balaban J connectivity index is 1.90. The van der Waals surface area contributed by atoms with E-state index in [4.69, 9.17) is 4.74 Å². The Hall–Kier alpha value is -1.48. The molecule has 0 aliphatic carbocycles. The second kappa shape index (κ2) is 8.08. The molecule has 0 atom stereocenters. The van der Waals surface area contributed by atoms with E-state index in [0.29, 0.717) is 0 Å². The maximum absolute atomic E-state index is 5.67. The third-order valence-electron chi connectivity index (χ3n) is 3.44. The van der Waals surface area contributed by atoms with Gasteiger partial charge in [0, 0.05) is 16.7 Å².